The molecule has 1 aliphatic rings. The lowest BCUT2D eigenvalue weighted by atomic mass is 10.4. The maximum absolute atomic E-state index is 5.39. The van der Waals surface area contributed by atoms with Crippen molar-refractivity contribution in [3.63, 3.8) is 0 Å². The van der Waals surface area contributed by atoms with E-state index in [0.29, 0.717) is 13.2 Å². The summed E-state index contributed by atoms with van der Waals surface area (Å²) in [4.78, 5) is 0. The number of ether oxygens (including phenoxy) is 2. The molecule has 0 aromatic rings. The van der Waals surface area contributed by atoms with Crippen molar-refractivity contribution < 1.29 is 9.47 Å². The molecule has 11 heavy (non-hydrogen) atoms. The Bertz CT molecular complexity index is 150. The molecule has 0 N–H and O–H groups in total. The van der Waals surface area contributed by atoms with Gasteiger partial charge in [0, 0.05) is 6.42 Å². The van der Waals surface area contributed by atoms with Crippen molar-refractivity contribution in [3.8, 4) is 0 Å². The van der Waals surface area contributed by atoms with Crippen molar-refractivity contribution >= 4 is 0 Å². The van der Waals surface area contributed by atoms with E-state index in [2.05, 4.69) is 12.7 Å². The normalized spacial score (nSPS) is 15.8. The summed E-state index contributed by atoms with van der Waals surface area (Å²) in [6, 6.07) is 0. The molecule has 2 heteroatoms. The van der Waals surface area contributed by atoms with Crippen molar-refractivity contribution in [2.24, 2.45) is 0 Å². The highest BCUT2D eigenvalue weighted by Gasteiger charge is 2.03. The van der Waals surface area contributed by atoms with Crippen LogP contribution in [0.25, 0.3) is 0 Å². The van der Waals surface area contributed by atoms with E-state index in [1.54, 1.807) is 0 Å². The smallest absolute Gasteiger partial charge is 0.122 e. The molecule has 0 amide bonds. The Morgan fingerprint density at radius 2 is 2.45 bits per heavy atom. The molecule has 0 aromatic carbocycles. The first-order valence-corrected chi connectivity index (χ1v) is 3.98. The molecule has 0 fully saturated rings. The first-order chi connectivity index (χ1) is 5.43. The fourth-order valence-electron chi connectivity index (χ4n) is 1.08. The van der Waals surface area contributed by atoms with Crippen molar-refractivity contribution in [3.05, 3.63) is 24.7 Å². The standard InChI is InChI=1S/C9H14O2/c1-2-10-7-8-11-9-5-3-4-6-9/h2,5H,1,3-4,6-8H2. The van der Waals surface area contributed by atoms with Crippen molar-refractivity contribution in [1.29, 1.82) is 0 Å². The van der Waals surface area contributed by atoms with Crippen LogP contribution in [-0.4, -0.2) is 13.2 Å². The van der Waals surface area contributed by atoms with E-state index in [9.17, 15) is 0 Å². The van der Waals surface area contributed by atoms with Gasteiger partial charge in [0.1, 0.15) is 13.2 Å². The topological polar surface area (TPSA) is 18.5 Å². The third kappa shape index (κ3) is 3.12. The van der Waals surface area contributed by atoms with Crippen LogP contribution >= 0.6 is 0 Å². The number of rotatable bonds is 5. The number of hydrogen-bond acceptors (Lipinski definition) is 2. The zero-order valence-electron chi connectivity index (χ0n) is 6.71. The third-order valence-corrected chi connectivity index (χ3v) is 1.61. The fraction of sp³-hybridized carbons (Fsp3) is 0.556. The Hall–Kier alpha value is -0.920. The molecule has 0 atom stereocenters. The molecule has 62 valence electrons. The Balaban J connectivity index is 1.98. The summed E-state index contributed by atoms with van der Waals surface area (Å²) in [7, 11) is 0. The minimum atomic E-state index is 0.598. The molecule has 0 saturated carbocycles. The largest absolute Gasteiger partial charge is 0.498 e. The highest BCUT2D eigenvalue weighted by atomic mass is 16.5. The van der Waals surface area contributed by atoms with E-state index in [1.807, 2.05) is 0 Å². The molecule has 0 bridgehead atoms. The zero-order chi connectivity index (χ0) is 7.94. The quantitative estimate of drug-likeness (QED) is 0.446. The van der Waals surface area contributed by atoms with Gasteiger partial charge in [0.05, 0.1) is 12.0 Å². The minimum Gasteiger partial charge on any atom is -0.498 e. The van der Waals surface area contributed by atoms with Crippen LogP contribution in [0.1, 0.15) is 19.3 Å². The fourth-order valence-corrected chi connectivity index (χ4v) is 1.08. The maximum Gasteiger partial charge on any atom is 0.122 e. The minimum absolute atomic E-state index is 0.598. The van der Waals surface area contributed by atoms with Crippen molar-refractivity contribution in [2.75, 3.05) is 13.2 Å². The van der Waals surface area contributed by atoms with Crippen LogP contribution in [0.5, 0.6) is 0 Å². The lowest BCUT2D eigenvalue weighted by Crippen LogP contribution is -1.99. The lowest BCUT2D eigenvalue weighted by Gasteiger charge is -2.05. The molecule has 0 unspecified atom stereocenters. The highest BCUT2D eigenvalue weighted by molar-refractivity contribution is 4.99. The summed E-state index contributed by atoms with van der Waals surface area (Å²) in [6.07, 6.45) is 7.07. The van der Waals surface area contributed by atoms with E-state index < -0.39 is 0 Å². The van der Waals surface area contributed by atoms with Crippen molar-refractivity contribution in [1.82, 2.24) is 0 Å². The molecule has 0 spiro atoms. The summed E-state index contributed by atoms with van der Waals surface area (Å²) in [5.74, 6) is 1.12. The van der Waals surface area contributed by atoms with Crippen LogP contribution in [0.3, 0.4) is 0 Å². The molecule has 0 aliphatic heterocycles. The van der Waals surface area contributed by atoms with Gasteiger partial charge in [-0.3, -0.25) is 0 Å². The highest BCUT2D eigenvalue weighted by Crippen LogP contribution is 2.17. The molecule has 0 radical (unpaired) electrons. The summed E-state index contributed by atoms with van der Waals surface area (Å²) < 4.78 is 10.3. The molecule has 0 saturated heterocycles. The molecule has 0 aromatic heterocycles. The van der Waals surface area contributed by atoms with Gasteiger partial charge >= 0.3 is 0 Å². The second kappa shape index (κ2) is 4.83. The Morgan fingerprint density at radius 1 is 1.55 bits per heavy atom. The third-order valence-electron chi connectivity index (χ3n) is 1.61. The Morgan fingerprint density at radius 3 is 3.09 bits per heavy atom. The first kappa shape index (κ1) is 8.18. The number of hydrogen-bond donors (Lipinski definition) is 0. The van der Waals surface area contributed by atoms with Gasteiger partial charge in [0.25, 0.3) is 0 Å². The molecular formula is C9H14O2. The molecule has 1 rings (SSSR count). The zero-order valence-corrected chi connectivity index (χ0v) is 6.71. The average Bonchev–Trinajstić information content (AvgIpc) is 2.50. The van der Waals surface area contributed by atoms with Crippen LogP contribution in [-0.2, 0) is 9.47 Å². The van der Waals surface area contributed by atoms with E-state index in [1.165, 1.54) is 12.7 Å². The van der Waals surface area contributed by atoms with Crippen LogP contribution in [0.2, 0.25) is 0 Å². The summed E-state index contributed by atoms with van der Waals surface area (Å²) in [6.45, 7) is 4.67. The van der Waals surface area contributed by atoms with Crippen LogP contribution < -0.4 is 0 Å². The number of allylic oxidation sites excluding steroid dienone is 2. The predicted octanol–water partition coefficient (Wildman–Crippen LogP) is 2.23. The van der Waals surface area contributed by atoms with Gasteiger partial charge in [-0.15, -0.1) is 0 Å². The second-order valence-corrected chi connectivity index (χ2v) is 2.45. The summed E-state index contributed by atoms with van der Waals surface area (Å²) in [5.41, 5.74) is 0. The van der Waals surface area contributed by atoms with Gasteiger partial charge in [-0.1, -0.05) is 6.58 Å². The predicted molar refractivity (Wildman–Crippen MR) is 44.0 cm³/mol. The lowest BCUT2D eigenvalue weighted by molar-refractivity contribution is 0.129. The van der Waals surface area contributed by atoms with Gasteiger partial charge in [0.2, 0.25) is 0 Å². The van der Waals surface area contributed by atoms with Gasteiger partial charge in [-0.05, 0) is 18.9 Å². The maximum atomic E-state index is 5.39. The van der Waals surface area contributed by atoms with E-state index in [4.69, 9.17) is 9.47 Å². The van der Waals surface area contributed by atoms with Gasteiger partial charge in [0.15, 0.2) is 0 Å². The summed E-state index contributed by atoms with van der Waals surface area (Å²) in [5, 5.41) is 0. The Kier molecular flexibility index (Phi) is 3.59. The average molecular weight is 154 g/mol. The SMILES string of the molecule is C=COCCOC1=CCCC1. The van der Waals surface area contributed by atoms with Gasteiger partial charge < -0.3 is 9.47 Å². The van der Waals surface area contributed by atoms with Crippen LogP contribution in [0.15, 0.2) is 24.7 Å². The molecule has 0 heterocycles. The summed E-state index contributed by atoms with van der Waals surface area (Å²) >= 11 is 0. The van der Waals surface area contributed by atoms with E-state index >= 15 is 0 Å². The first-order valence-electron chi connectivity index (χ1n) is 3.98. The van der Waals surface area contributed by atoms with Crippen LogP contribution in [0.4, 0.5) is 0 Å². The molecular weight excluding hydrogens is 140 g/mol. The monoisotopic (exact) mass is 154 g/mol. The Labute approximate surface area is 67.5 Å². The van der Waals surface area contributed by atoms with Gasteiger partial charge in [-0.25, -0.2) is 0 Å². The van der Waals surface area contributed by atoms with E-state index in [0.717, 1.165) is 18.6 Å². The van der Waals surface area contributed by atoms with Crippen molar-refractivity contribution in [2.45, 2.75) is 19.3 Å². The van der Waals surface area contributed by atoms with E-state index in [-0.39, 0.29) is 0 Å². The molecule has 1 aliphatic carbocycles. The van der Waals surface area contributed by atoms with Gasteiger partial charge in [-0.2, -0.15) is 0 Å². The second-order valence-electron chi connectivity index (χ2n) is 2.45. The van der Waals surface area contributed by atoms with Crippen LogP contribution in [0, 0.1) is 0 Å². The molecule has 2 nitrogen and oxygen atoms in total.